The van der Waals surface area contributed by atoms with E-state index in [0.717, 1.165) is 12.1 Å². The summed E-state index contributed by atoms with van der Waals surface area (Å²) in [5, 5.41) is 112. The molecule has 0 amide bonds. The molecule has 11 N–H and O–H groups in total. The fourth-order valence-corrected chi connectivity index (χ4v) is 5.53. The van der Waals surface area contributed by atoms with Crippen LogP contribution in [-0.4, -0.2) is 143 Å². The van der Waals surface area contributed by atoms with Gasteiger partial charge in [-0.2, -0.15) is 0 Å². The van der Waals surface area contributed by atoms with Gasteiger partial charge in [-0.15, -0.1) is 0 Å². The second-order valence-corrected chi connectivity index (χ2v) is 11.7. The molecule has 2 aromatic carbocycles. The first-order valence-electron chi connectivity index (χ1n) is 15.0. The van der Waals surface area contributed by atoms with Crippen molar-refractivity contribution in [3.63, 3.8) is 0 Å². The summed E-state index contributed by atoms with van der Waals surface area (Å²) in [7, 11) is 0. The number of aliphatic hydroxyl groups is 8. The highest BCUT2D eigenvalue weighted by atomic mass is 16.7. The third-order valence-corrected chi connectivity index (χ3v) is 8.29. The molecule has 0 aliphatic carbocycles. The highest BCUT2D eigenvalue weighted by Gasteiger charge is 2.49. The SMILES string of the molecule is O=C(C[C@H](O)C(=O)O)OC[C@H]1O[C@@H](Oc2cc3oc(-c4ccc(O)cc4)cc(=O)c3c(O)c2[C@@H]2O[C@H](CO)[C@@H](O)[C@H](O)[C@@H]2O)[C@H](O)[C@@H](O)[C@@H]1O. The van der Waals surface area contributed by atoms with Gasteiger partial charge in [-0.3, -0.25) is 9.59 Å². The lowest BCUT2D eigenvalue weighted by Crippen LogP contribution is -2.60. The minimum Gasteiger partial charge on any atom is -0.508 e. The summed E-state index contributed by atoms with van der Waals surface area (Å²) < 4.78 is 27.7. The van der Waals surface area contributed by atoms with Crippen molar-refractivity contribution in [1.82, 2.24) is 0 Å². The van der Waals surface area contributed by atoms with Crippen LogP contribution < -0.4 is 10.2 Å². The summed E-state index contributed by atoms with van der Waals surface area (Å²) >= 11 is 0. The molecular formula is C31H34O19. The summed E-state index contributed by atoms with van der Waals surface area (Å²) in [6, 6.07) is 7.50. The van der Waals surface area contributed by atoms with Gasteiger partial charge in [-0.05, 0) is 24.3 Å². The monoisotopic (exact) mass is 710 g/mol. The number of fused-ring (bicyclic) bond motifs is 1. The average Bonchev–Trinajstić information content (AvgIpc) is 3.07. The topological polar surface area (TPSA) is 324 Å². The summed E-state index contributed by atoms with van der Waals surface area (Å²) in [4.78, 5) is 36.2. The zero-order valence-corrected chi connectivity index (χ0v) is 25.6. The number of rotatable bonds is 10. The number of phenolic OH excluding ortho intramolecular Hbond substituents is 2. The number of carboxylic acid groups (broad SMARTS) is 1. The van der Waals surface area contributed by atoms with Crippen LogP contribution in [0.1, 0.15) is 18.1 Å². The number of ether oxygens (including phenoxy) is 4. The van der Waals surface area contributed by atoms with Gasteiger partial charge in [0.15, 0.2) is 11.5 Å². The van der Waals surface area contributed by atoms with Gasteiger partial charge >= 0.3 is 11.9 Å². The summed E-state index contributed by atoms with van der Waals surface area (Å²) in [5.74, 6) is -4.56. The number of aliphatic carboxylic acids is 1. The van der Waals surface area contributed by atoms with Crippen LogP contribution in [0.25, 0.3) is 22.3 Å². The van der Waals surface area contributed by atoms with Crippen LogP contribution in [0.3, 0.4) is 0 Å². The summed E-state index contributed by atoms with van der Waals surface area (Å²) in [6.45, 7) is -1.72. The van der Waals surface area contributed by atoms with E-state index in [4.69, 9.17) is 28.5 Å². The van der Waals surface area contributed by atoms with E-state index in [2.05, 4.69) is 0 Å². The van der Waals surface area contributed by atoms with Crippen LogP contribution >= 0.6 is 0 Å². The molecule has 0 radical (unpaired) electrons. The van der Waals surface area contributed by atoms with Crippen LogP contribution in [0.2, 0.25) is 0 Å². The first kappa shape index (κ1) is 36.9. The molecule has 2 aliphatic rings. The fraction of sp³-hybridized carbons (Fsp3) is 0.452. The Hall–Kier alpha value is -4.41. The third-order valence-electron chi connectivity index (χ3n) is 8.29. The molecular weight excluding hydrogens is 676 g/mol. The highest BCUT2D eigenvalue weighted by molar-refractivity contribution is 5.88. The van der Waals surface area contributed by atoms with E-state index in [1.54, 1.807) is 0 Å². The van der Waals surface area contributed by atoms with Crippen molar-refractivity contribution in [3.05, 3.63) is 52.2 Å². The summed E-state index contributed by atoms with van der Waals surface area (Å²) in [6.07, 6.45) is -21.9. The molecule has 11 atom stereocenters. The first-order valence-corrected chi connectivity index (χ1v) is 15.0. The van der Waals surface area contributed by atoms with Gasteiger partial charge in [0, 0.05) is 17.7 Å². The Morgan fingerprint density at radius 2 is 1.48 bits per heavy atom. The van der Waals surface area contributed by atoms with Crippen LogP contribution in [0.4, 0.5) is 0 Å². The van der Waals surface area contributed by atoms with Crippen LogP contribution in [-0.2, 0) is 23.8 Å². The van der Waals surface area contributed by atoms with Crippen molar-refractivity contribution >= 4 is 22.9 Å². The summed E-state index contributed by atoms with van der Waals surface area (Å²) in [5.41, 5.74) is -1.43. The first-order chi connectivity index (χ1) is 23.6. The Kier molecular flexibility index (Phi) is 10.9. The van der Waals surface area contributed by atoms with E-state index in [1.807, 2.05) is 0 Å². The number of benzene rings is 2. The average molecular weight is 711 g/mol. The number of carboxylic acids is 1. The molecule has 2 aliphatic heterocycles. The molecule has 272 valence electrons. The molecule has 19 nitrogen and oxygen atoms in total. The zero-order chi connectivity index (χ0) is 36.6. The number of carbonyl (C=O) groups is 2. The molecule has 0 unspecified atom stereocenters. The lowest BCUT2D eigenvalue weighted by Gasteiger charge is -2.42. The quantitative estimate of drug-likeness (QED) is 0.0931. The van der Waals surface area contributed by atoms with Gasteiger partial charge in [0.2, 0.25) is 6.29 Å². The molecule has 50 heavy (non-hydrogen) atoms. The van der Waals surface area contributed by atoms with E-state index in [0.29, 0.717) is 5.56 Å². The van der Waals surface area contributed by atoms with Crippen molar-refractivity contribution < 1.29 is 89.1 Å². The number of esters is 1. The Balaban J connectivity index is 1.56. The van der Waals surface area contributed by atoms with Crippen molar-refractivity contribution in [2.75, 3.05) is 13.2 Å². The standard InChI is InChI=1S/C31H34O19/c32-8-17-22(37)25(40)27(42)29(48-17)21-16(7-15-20(24(21)39)12(34)5-14(47-15)10-1-3-11(33)4-2-10)49-31-28(43)26(41)23(38)18(50-31)9-46-19(36)6-13(35)30(44)45/h1-5,7,13,17-18,22-23,25-29,31-33,35,37-43H,6,8-9H2,(H,44,45)/t13-,17+,18+,22+,23+,25-,26-,27-,28+,29-,31+/m0/s1. The lowest BCUT2D eigenvalue weighted by molar-refractivity contribution is -0.279. The van der Waals surface area contributed by atoms with Gasteiger partial charge in [0.25, 0.3) is 0 Å². The zero-order valence-electron chi connectivity index (χ0n) is 25.6. The second kappa shape index (κ2) is 14.8. The number of hydrogen-bond donors (Lipinski definition) is 11. The van der Waals surface area contributed by atoms with Gasteiger partial charge in [-0.1, -0.05) is 0 Å². The molecule has 2 fully saturated rings. The number of hydrogen-bond acceptors (Lipinski definition) is 18. The Labute approximate surface area is 279 Å². The molecule has 2 saturated heterocycles. The number of phenols is 2. The van der Waals surface area contributed by atoms with E-state index in [-0.39, 0.29) is 17.1 Å². The highest BCUT2D eigenvalue weighted by Crippen LogP contribution is 2.46. The smallest absolute Gasteiger partial charge is 0.333 e. The van der Waals surface area contributed by atoms with Crippen molar-refractivity contribution in [2.45, 2.75) is 73.8 Å². The predicted molar refractivity (Wildman–Crippen MR) is 160 cm³/mol. The van der Waals surface area contributed by atoms with Crippen molar-refractivity contribution in [2.24, 2.45) is 0 Å². The third kappa shape index (κ3) is 7.23. The Morgan fingerprint density at radius 1 is 0.840 bits per heavy atom. The van der Waals surface area contributed by atoms with Crippen molar-refractivity contribution in [3.8, 4) is 28.6 Å². The van der Waals surface area contributed by atoms with Gasteiger partial charge in [-0.25, -0.2) is 4.79 Å². The molecule has 0 saturated carbocycles. The number of aromatic hydroxyl groups is 2. The van der Waals surface area contributed by atoms with E-state index >= 15 is 0 Å². The van der Waals surface area contributed by atoms with E-state index < -0.39 is 127 Å². The predicted octanol–water partition coefficient (Wildman–Crippen LogP) is -3.05. The number of carbonyl (C=O) groups excluding carboxylic acids is 1. The minimum absolute atomic E-state index is 0.0455. The Morgan fingerprint density at radius 3 is 2.12 bits per heavy atom. The fourth-order valence-electron chi connectivity index (χ4n) is 5.53. The minimum atomic E-state index is -2.10. The maximum Gasteiger partial charge on any atom is 0.333 e. The van der Waals surface area contributed by atoms with Crippen LogP contribution in [0.15, 0.2) is 45.6 Å². The van der Waals surface area contributed by atoms with Crippen LogP contribution in [0, 0.1) is 0 Å². The molecule has 0 spiro atoms. The van der Waals surface area contributed by atoms with E-state index in [1.165, 1.54) is 24.3 Å². The molecule has 3 heterocycles. The Bertz CT molecular complexity index is 1760. The maximum atomic E-state index is 13.4. The van der Waals surface area contributed by atoms with Gasteiger partial charge in [0.1, 0.15) is 95.5 Å². The second-order valence-electron chi connectivity index (χ2n) is 11.7. The molecule has 19 heteroatoms. The van der Waals surface area contributed by atoms with Crippen LogP contribution in [0.5, 0.6) is 17.2 Å². The molecule has 3 aromatic rings. The lowest BCUT2D eigenvalue weighted by atomic mass is 9.89. The molecule has 5 rings (SSSR count). The van der Waals surface area contributed by atoms with Crippen molar-refractivity contribution in [1.29, 1.82) is 0 Å². The van der Waals surface area contributed by atoms with E-state index in [9.17, 15) is 65.4 Å². The molecule has 0 bridgehead atoms. The van der Waals surface area contributed by atoms with Gasteiger partial charge in [0.05, 0.1) is 18.6 Å². The maximum absolute atomic E-state index is 13.4. The largest absolute Gasteiger partial charge is 0.508 e. The molecule has 1 aromatic heterocycles. The normalized spacial score (nSPS) is 30.5. The number of aliphatic hydroxyl groups excluding tert-OH is 8. The van der Waals surface area contributed by atoms with Gasteiger partial charge < -0.3 is 79.5 Å².